The van der Waals surface area contributed by atoms with E-state index in [-0.39, 0.29) is 6.29 Å². The maximum absolute atomic E-state index is 5.48. The zero-order chi connectivity index (χ0) is 8.81. The summed E-state index contributed by atoms with van der Waals surface area (Å²) in [5, 5.41) is 0. The van der Waals surface area contributed by atoms with E-state index in [0.717, 1.165) is 13.2 Å². The van der Waals surface area contributed by atoms with Gasteiger partial charge in [0.1, 0.15) is 0 Å². The molecule has 1 aliphatic rings. The van der Waals surface area contributed by atoms with Crippen LogP contribution < -0.4 is 0 Å². The summed E-state index contributed by atoms with van der Waals surface area (Å²) in [6.07, 6.45) is 5.08. The molecule has 1 rings (SSSR count). The molecule has 2 nitrogen and oxygen atoms in total. The minimum Gasteiger partial charge on any atom is -0.350 e. The van der Waals surface area contributed by atoms with Crippen LogP contribution >= 0.6 is 0 Å². The molecule has 0 bridgehead atoms. The van der Waals surface area contributed by atoms with E-state index in [9.17, 15) is 0 Å². The molecular formula is C10H20O2. The molecular weight excluding hydrogens is 152 g/mol. The summed E-state index contributed by atoms with van der Waals surface area (Å²) in [4.78, 5) is 0. The number of hydrogen-bond acceptors (Lipinski definition) is 2. The Balaban J connectivity index is 2.22. The van der Waals surface area contributed by atoms with Crippen molar-refractivity contribution in [3.63, 3.8) is 0 Å². The molecule has 2 heteroatoms. The standard InChI is InChI=1S/C10H20O2/c1-3-5-6-9(4-2)10-11-7-8-12-10/h9-10H,3-8H2,1-2H3/t9-/m0/s1. The number of rotatable bonds is 5. The van der Waals surface area contributed by atoms with Crippen molar-refractivity contribution in [1.82, 2.24) is 0 Å². The summed E-state index contributed by atoms with van der Waals surface area (Å²) < 4.78 is 11.0. The van der Waals surface area contributed by atoms with Gasteiger partial charge in [0.05, 0.1) is 13.2 Å². The number of hydrogen-bond donors (Lipinski definition) is 0. The third-order valence-corrected chi connectivity index (χ3v) is 2.49. The first-order valence-corrected chi connectivity index (χ1v) is 5.11. The molecule has 72 valence electrons. The topological polar surface area (TPSA) is 18.5 Å². The SMILES string of the molecule is CCCC[C@H](CC)C1OCCO1. The van der Waals surface area contributed by atoms with Gasteiger partial charge in [-0.3, -0.25) is 0 Å². The zero-order valence-electron chi connectivity index (χ0n) is 8.21. The second-order valence-electron chi connectivity index (χ2n) is 3.42. The van der Waals surface area contributed by atoms with Gasteiger partial charge >= 0.3 is 0 Å². The molecule has 0 aliphatic carbocycles. The predicted octanol–water partition coefficient (Wildman–Crippen LogP) is 2.58. The van der Waals surface area contributed by atoms with Crippen molar-refractivity contribution < 1.29 is 9.47 Å². The lowest BCUT2D eigenvalue weighted by molar-refractivity contribution is -0.0867. The summed E-state index contributed by atoms with van der Waals surface area (Å²) in [5.41, 5.74) is 0. The second kappa shape index (κ2) is 5.55. The Bertz CT molecular complexity index is 108. The van der Waals surface area contributed by atoms with Crippen LogP contribution in [0.2, 0.25) is 0 Å². The van der Waals surface area contributed by atoms with Crippen LogP contribution in [0.4, 0.5) is 0 Å². The fourth-order valence-electron chi connectivity index (χ4n) is 1.65. The van der Waals surface area contributed by atoms with Crippen LogP contribution in [0.25, 0.3) is 0 Å². The molecule has 1 fully saturated rings. The van der Waals surface area contributed by atoms with Crippen LogP contribution in [0.1, 0.15) is 39.5 Å². The first-order chi connectivity index (χ1) is 5.88. The van der Waals surface area contributed by atoms with Crippen molar-refractivity contribution in [1.29, 1.82) is 0 Å². The lowest BCUT2D eigenvalue weighted by Gasteiger charge is -2.20. The molecule has 12 heavy (non-hydrogen) atoms. The highest BCUT2D eigenvalue weighted by atomic mass is 16.7. The molecule has 0 unspecified atom stereocenters. The zero-order valence-corrected chi connectivity index (χ0v) is 8.21. The van der Waals surface area contributed by atoms with Crippen molar-refractivity contribution in [3.8, 4) is 0 Å². The van der Waals surface area contributed by atoms with Gasteiger partial charge in [0.2, 0.25) is 0 Å². The van der Waals surface area contributed by atoms with E-state index in [0.29, 0.717) is 5.92 Å². The van der Waals surface area contributed by atoms with Crippen molar-refractivity contribution in [2.45, 2.75) is 45.8 Å². The normalized spacial score (nSPS) is 21.5. The summed E-state index contributed by atoms with van der Waals surface area (Å²) in [6, 6.07) is 0. The van der Waals surface area contributed by atoms with E-state index < -0.39 is 0 Å². The first-order valence-electron chi connectivity index (χ1n) is 5.11. The smallest absolute Gasteiger partial charge is 0.160 e. The molecule has 0 radical (unpaired) electrons. The highest BCUT2D eigenvalue weighted by molar-refractivity contribution is 4.64. The minimum absolute atomic E-state index is 0.0987. The highest BCUT2D eigenvalue weighted by Crippen LogP contribution is 2.22. The molecule has 1 saturated heterocycles. The van der Waals surface area contributed by atoms with E-state index in [1.807, 2.05) is 0 Å². The van der Waals surface area contributed by atoms with Gasteiger partial charge in [-0.1, -0.05) is 26.7 Å². The van der Waals surface area contributed by atoms with Crippen molar-refractivity contribution in [2.75, 3.05) is 13.2 Å². The molecule has 0 amide bonds. The Morgan fingerprint density at radius 1 is 1.25 bits per heavy atom. The number of unbranched alkanes of at least 4 members (excludes halogenated alkanes) is 1. The van der Waals surface area contributed by atoms with E-state index in [4.69, 9.17) is 9.47 Å². The molecule has 0 aromatic rings. The third-order valence-electron chi connectivity index (χ3n) is 2.49. The molecule has 0 N–H and O–H groups in total. The second-order valence-corrected chi connectivity index (χ2v) is 3.42. The summed E-state index contributed by atoms with van der Waals surface area (Å²) in [5.74, 6) is 0.618. The van der Waals surface area contributed by atoms with E-state index in [1.165, 1.54) is 25.7 Å². The summed E-state index contributed by atoms with van der Waals surface area (Å²) in [6.45, 7) is 6.01. The largest absolute Gasteiger partial charge is 0.350 e. The summed E-state index contributed by atoms with van der Waals surface area (Å²) >= 11 is 0. The van der Waals surface area contributed by atoms with Crippen molar-refractivity contribution in [3.05, 3.63) is 0 Å². The van der Waals surface area contributed by atoms with Crippen LogP contribution in [-0.2, 0) is 9.47 Å². The maximum atomic E-state index is 5.48. The molecule has 0 aromatic carbocycles. The van der Waals surface area contributed by atoms with Gasteiger partial charge in [0, 0.05) is 5.92 Å². The maximum Gasteiger partial charge on any atom is 0.160 e. The average Bonchev–Trinajstić information content (AvgIpc) is 2.59. The Kier molecular flexibility index (Phi) is 4.62. The molecule has 1 atom stereocenters. The molecule has 1 heterocycles. The molecule has 0 saturated carbocycles. The van der Waals surface area contributed by atoms with Crippen molar-refractivity contribution >= 4 is 0 Å². The van der Waals surface area contributed by atoms with E-state index >= 15 is 0 Å². The Morgan fingerprint density at radius 2 is 1.92 bits per heavy atom. The van der Waals surface area contributed by atoms with Crippen LogP contribution in [0.5, 0.6) is 0 Å². The van der Waals surface area contributed by atoms with E-state index in [2.05, 4.69) is 13.8 Å². The molecule has 0 spiro atoms. The van der Waals surface area contributed by atoms with Crippen LogP contribution in [-0.4, -0.2) is 19.5 Å². The van der Waals surface area contributed by atoms with Crippen molar-refractivity contribution in [2.24, 2.45) is 5.92 Å². The lowest BCUT2D eigenvalue weighted by atomic mass is 9.99. The van der Waals surface area contributed by atoms with Gasteiger partial charge in [-0.05, 0) is 12.8 Å². The highest BCUT2D eigenvalue weighted by Gasteiger charge is 2.24. The minimum atomic E-state index is 0.0987. The van der Waals surface area contributed by atoms with Gasteiger partial charge in [-0.15, -0.1) is 0 Å². The van der Waals surface area contributed by atoms with Gasteiger partial charge in [-0.2, -0.15) is 0 Å². The predicted molar refractivity (Wildman–Crippen MR) is 49.0 cm³/mol. The monoisotopic (exact) mass is 172 g/mol. The van der Waals surface area contributed by atoms with Gasteiger partial charge < -0.3 is 9.47 Å². The first kappa shape index (κ1) is 10.0. The average molecular weight is 172 g/mol. The van der Waals surface area contributed by atoms with Gasteiger partial charge in [0.25, 0.3) is 0 Å². The molecule has 1 aliphatic heterocycles. The molecule has 0 aromatic heterocycles. The Morgan fingerprint density at radius 3 is 2.42 bits per heavy atom. The Hall–Kier alpha value is -0.0800. The van der Waals surface area contributed by atoms with Crippen LogP contribution in [0.15, 0.2) is 0 Å². The fraction of sp³-hybridized carbons (Fsp3) is 1.00. The van der Waals surface area contributed by atoms with Gasteiger partial charge in [-0.25, -0.2) is 0 Å². The summed E-state index contributed by atoms with van der Waals surface area (Å²) in [7, 11) is 0. The van der Waals surface area contributed by atoms with Gasteiger partial charge in [0.15, 0.2) is 6.29 Å². The Labute approximate surface area is 75.2 Å². The van der Waals surface area contributed by atoms with Crippen LogP contribution in [0.3, 0.4) is 0 Å². The number of ether oxygens (including phenoxy) is 2. The fourth-order valence-corrected chi connectivity index (χ4v) is 1.65. The quantitative estimate of drug-likeness (QED) is 0.634. The van der Waals surface area contributed by atoms with E-state index in [1.54, 1.807) is 0 Å². The third kappa shape index (κ3) is 2.76. The van der Waals surface area contributed by atoms with Crippen LogP contribution in [0, 0.1) is 5.92 Å². The lowest BCUT2D eigenvalue weighted by Crippen LogP contribution is -2.20.